The second-order valence-electron chi connectivity index (χ2n) is 1.64. The van der Waals surface area contributed by atoms with Crippen LogP contribution in [0.4, 0.5) is 0 Å². The normalized spacial score (nSPS) is 7.92. The van der Waals surface area contributed by atoms with Crippen LogP contribution in [0.5, 0.6) is 0 Å². The van der Waals surface area contributed by atoms with Crippen LogP contribution in [0.15, 0.2) is 5.10 Å². The third-order valence-corrected chi connectivity index (χ3v) is 0.952. The lowest BCUT2D eigenvalue weighted by atomic mass is 10.4. The van der Waals surface area contributed by atoms with E-state index in [1.807, 2.05) is 34.6 Å². The summed E-state index contributed by atoms with van der Waals surface area (Å²) in [5.74, 6) is 0.0353. The van der Waals surface area contributed by atoms with Crippen LogP contribution in [-0.4, -0.2) is 24.2 Å². The molecule has 0 aromatic heterocycles. The Labute approximate surface area is 82.8 Å². The molecule has 0 aliphatic heterocycles. The Morgan fingerprint density at radius 3 is 1.92 bits per heavy atom. The summed E-state index contributed by atoms with van der Waals surface area (Å²) in [6.45, 7) is 11.6. The van der Waals surface area contributed by atoms with Crippen LogP contribution >= 0.6 is 0 Å². The third-order valence-electron chi connectivity index (χ3n) is 0.952. The van der Waals surface area contributed by atoms with Gasteiger partial charge in [0.25, 0.3) is 0 Å². The number of hydrazone groups is 1. The monoisotopic (exact) mass is 188 g/mol. The Morgan fingerprint density at radius 2 is 1.69 bits per heavy atom. The molecule has 13 heavy (non-hydrogen) atoms. The van der Waals surface area contributed by atoms with Crippen LogP contribution < -0.4 is 0 Å². The van der Waals surface area contributed by atoms with Gasteiger partial charge in [0.15, 0.2) is 0 Å². The van der Waals surface area contributed by atoms with Crippen molar-refractivity contribution in [2.75, 3.05) is 7.05 Å². The smallest absolute Gasteiger partial charge is 0.242 e. The topological polar surface area (TPSA) is 32.7 Å². The van der Waals surface area contributed by atoms with Crippen LogP contribution in [0, 0.1) is 0 Å². The van der Waals surface area contributed by atoms with Gasteiger partial charge >= 0.3 is 0 Å². The molecule has 3 heteroatoms. The van der Waals surface area contributed by atoms with E-state index in [4.69, 9.17) is 0 Å². The minimum absolute atomic E-state index is 0.0353. The number of amides is 1. The Kier molecular flexibility index (Phi) is 24.0. The van der Waals surface area contributed by atoms with E-state index in [0.29, 0.717) is 6.42 Å². The molecule has 0 aliphatic carbocycles. The first-order valence-corrected chi connectivity index (χ1v) is 4.97. The molecule has 3 nitrogen and oxygen atoms in total. The molecule has 0 aromatic rings. The summed E-state index contributed by atoms with van der Waals surface area (Å²) in [5, 5.41) is 5.09. The molecule has 0 bridgehead atoms. The first-order valence-electron chi connectivity index (χ1n) is 4.97. The first-order chi connectivity index (χ1) is 6.22. The molecule has 0 unspecified atom stereocenters. The van der Waals surface area contributed by atoms with E-state index in [1.54, 1.807) is 20.2 Å². The molecule has 0 rings (SSSR count). The highest BCUT2D eigenvalue weighted by molar-refractivity contribution is 5.76. The summed E-state index contributed by atoms with van der Waals surface area (Å²) in [7, 11) is 1.64. The lowest BCUT2D eigenvalue weighted by Gasteiger charge is -2.06. The largest absolute Gasteiger partial charge is 0.273 e. The molecule has 0 N–H and O–H groups in total. The fourth-order valence-electron chi connectivity index (χ4n) is 0.466. The molecule has 0 fully saturated rings. The van der Waals surface area contributed by atoms with Gasteiger partial charge in [-0.3, -0.25) is 4.79 Å². The van der Waals surface area contributed by atoms with Gasteiger partial charge in [-0.25, -0.2) is 5.01 Å². The number of nitrogens with zero attached hydrogens (tertiary/aromatic N) is 2. The van der Waals surface area contributed by atoms with Crippen LogP contribution in [0.25, 0.3) is 0 Å². The van der Waals surface area contributed by atoms with Crippen molar-refractivity contribution in [1.29, 1.82) is 0 Å². The average Bonchev–Trinajstić information content (AvgIpc) is 2.23. The lowest BCUT2D eigenvalue weighted by molar-refractivity contribution is -0.129. The predicted molar refractivity (Wildman–Crippen MR) is 59.9 cm³/mol. The summed E-state index contributed by atoms with van der Waals surface area (Å²) < 4.78 is 0. The molecule has 0 spiro atoms. The zero-order valence-electron chi connectivity index (χ0n) is 10.1. The van der Waals surface area contributed by atoms with Gasteiger partial charge in [0.05, 0.1) is 0 Å². The number of carbonyl (C=O) groups excluding carboxylic acids is 1. The number of hydrogen-bond acceptors (Lipinski definition) is 2. The Morgan fingerprint density at radius 1 is 1.31 bits per heavy atom. The zero-order valence-corrected chi connectivity index (χ0v) is 10.1. The maximum Gasteiger partial charge on any atom is 0.242 e. The summed E-state index contributed by atoms with van der Waals surface area (Å²) in [6.07, 6.45) is 2.10. The quantitative estimate of drug-likeness (QED) is 0.484. The van der Waals surface area contributed by atoms with Crippen LogP contribution in [0.2, 0.25) is 0 Å². The van der Waals surface area contributed by atoms with Gasteiger partial charge in [-0.15, -0.1) is 0 Å². The standard InChI is InChI=1S/C6H12N2O.2C2H6/c1-4-6(9)8(3)7-5-2;2*1-2/h5H,4H2,1-3H3;2*1-2H3/b7-5-;;. The van der Waals surface area contributed by atoms with Gasteiger partial charge in [-0.05, 0) is 6.92 Å². The van der Waals surface area contributed by atoms with Gasteiger partial charge in [0.2, 0.25) is 5.91 Å². The Bertz CT molecular complexity index is 122. The second kappa shape index (κ2) is 17.3. The van der Waals surface area contributed by atoms with Crippen LogP contribution in [0.1, 0.15) is 48.0 Å². The third kappa shape index (κ3) is 14.0. The highest BCUT2D eigenvalue weighted by Crippen LogP contribution is 1.87. The molecular weight excluding hydrogens is 164 g/mol. The van der Waals surface area contributed by atoms with Gasteiger partial charge in [-0.2, -0.15) is 5.10 Å². The van der Waals surface area contributed by atoms with Crippen molar-refractivity contribution in [2.45, 2.75) is 48.0 Å². The van der Waals surface area contributed by atoms with E-state index < -0.39 is 0 Å². The van der Waals surface area contributed by atoms with Gasteiger partial charge in [-0.1, -0.05) is 34.6 Å². The molecule has 0 heterocycles. The Balaban J connectivity index is -0.000000218. The van der Waals surface area contributed by atoms with Crippen molar-refractivity contribution in [3.63, 3.8) is 0 Å². The highest BCUT2D eigenvalue weighted by atomic mass is 16.2. The van der Waals surface area contributed by atoms with Crippen molar-refractivity contribution in [2.24, 2.45) is 5.10 Å². The number of hydrogen-bond donors (Lipinski definition) is 0. The molecular formula is C10H24N2O. The van der Waals surface area contributed by atoms with E-state index >= 15 is 0 Å². The van der Waals surface area contributed by atoms with Gasteiger partial charge in [0.1, 0.15) is 0 Å². The van der Waals surface area contributed by atoms with Crippen LogP contribution in [-0.2, 0) is 4.79 Å². The maximum atomic E-state index is 10.7. The molecule has 0 saturated carbocycles. The zero-order chi connectivity index (χ0) is 11.3. The SMILES string of the molecule is C/C=N\N(C)C(=O)CC.CC.CC. The van der Waals surface area contributed by atoms with Gasteiger partial charge < -0.3 is 0 Å². The Hall–Kier alpha value is -0.860. The average molecular weight is 188 g/mol. The maximum absolute atomic E-state index is 10.7. The van der Waals surface area contributed by atoms with E-state index in [0.717, 1.165) is 0 Å². The minimum atomic E-state index is 0.0353. The summed E-state index contributed by atoms with van der Waals surface area (Å²) in [6, 6.07) is 0. The van der Waals surface area contributed by atoms with Crippen molar-refractivity contribution in [3.8, 4) is 0 Å². The first kappa shape index (κ1) is 18.0. The molecule has 0 aromatic carbocycles. The molecule has 1 amide bonds. The fraction of sp³-hybridized carbons (Fsp3) is 0.800. The number of carbonyl (C=O) groups is 1. The molecule has 0 aliphatic rings. The van der Waals surface area contributed by atoms with E-state index in [-0.39, 0.29) is 5.91 Å². The number of rotatable bonds is 2. The van der Waals surface area contributed by atoms with Crippen molar-refractivity contribution < 1.29 is 4.79 Å². The summed E-state index contributed by atoms with van der Waals surface area (Å²) in [5.41, 5.74) is 0. The van der Waals surface area contributed by atoms with Crippen molar-refractivity contribution >= 4 is 12.1 Å². The second-order valence-corrected chi connectivity index (χ2v) is 1.64. The molecule has 0 atom stereocenters. The summed E-state index contributed by atoms with van der Waals surface area (Å²) >= 11 is 0. The molecule has 0 saturated heterocycles. The predicted octanol–water partition coefficient (Wildman–Crippen LogP) is 2.91. The fourth-order valence-corrected chi connectivity index (χ4v) is 0.466. The van der Waals surface area contributed by atoms with E-state index in [1.165, 1.54) is 5.01 Å². The van der Waals surface area contributed by atoms with Crippen molar-refractivity contribution in [1.82, 2.24) is 5.01 Å². The van der Waals surface area contributed by atoms with Crippen molar-refractivity contribution in [3.05, 3.63) is 0 Å². The molecule has 80 valence electrons. The highest BCUT2D eigenvalue weighted by Gasteiger charge is 2.00. The van der Waals surface area contributed by atoms with E-state index in [9.17, 15) is 4.79 Å². The minimum Gasteiger partial charge on any atom is -0.273 e. The summed E-state index contributed by atoms with van der Waals surface area (Å²) in [4.78, 5) is 10.7. The lowest BCUT2D eigenvalue weighted by Crippen LogP contribution is -2.19. The van der Waals surface area contributed by atoms with Gasteiger partial charge in [0, 0.05) is 19.7 Å². The van der Waals surface area contributed by atoms with E-state index in [2.05, 4.69) is 5.10 Å². The van der Waals surface area contributed by atoms with Crippen LogP contribution in [0.3, 0.4) is 0 Å². The molecule has 0 radical (unpaired) electrons.